The van der Waals surface area contributed by atoms with Crippen LogP contribution in [0.25, 0.3) is 5.57 Å². The predicted octanol–water partition coefficient (Wildman–Crippen LogP) is 3.97. The first-order valence-corrected chi connectivity index (χ1v) is 6.67. The normalized spacial score (nSPS) is 18.2. The summed E-state index contributed by atoms with van der Waals surface area (Å²) >= 11 is 6.87. The van der Waals surface area contributed by atoms with Crippen LogP contribution in [-0.4, -0.2) is 14.3 Å². The third-order valence-electron chi connectivity index (χ3n) is 2.57. The molecule has 1 N–H and O–H groups in total. The molecule has 1 aliphatic rings. The van der Waals surface area contributed by atoms with Crippen LogP contribution in [-0.2, 0) is 4.79 Å². The zero-order chi connectivity index (χ0) is 12.5. The highest BCUT2D eigenvalue weighted by Gasteiger charge is 2.29. The summed E-state index contributed by atoms with van der Waals surface area (Å²) in [5, 5.41) is 9.27. The molecule has 1 aromatic carbocycles. The van der Waals surface area contributed by atoms with E-state index in [1.807, 2.05) is 42.5 Å². The Labute approximate surface area is 116 Å². The van der Waals surface area contributed by atoms with Crippen LogP contribution < -0.4 is 0 Å². The smallest absolute Gasteiger partial charge is 0.332 e. The van der Waals surface area contributed by atoms with E-state index in [9.17, 15) is 9.90 Å². The van der Waals surface area contributed by atoms with E-state index >= 15 is 0 Å². The molecule has 0 amide bonds. The summed E-state index contributed by atoms with van der Waals surface area (Å²) in [4.78, 5) is 11.3. The average Bonchev–Trinajstić information content (AvgIpc) is 2.29. The van der Waals surface area contributed by atoms with Crippen molar-refractivity contribution in [3.05, 3.63) is 53.6 Å². The second kappa shape index (κ2) is 4.78. The molecule has 0 aromatic heterocycles. The van der Waals surface area contributed by atoms with Gasteiger partial charge in [0.1, 0.15) is 3.23 Å². The minimum absolute atomic E-state index is 0.406. The molecule has 0 radical (unpaired) electrons. The molecule has 1 aliphatic carbocycles. The van der Waals surface area contributed by atoms with Crippen molar-refractivity contribution in [3.8, 4) is 0 Å². The van der Waals surface area contributed by atoms with Gasteiger partial charge >= 0.3 is 5.97 Å². The summed E-state index contributed by atoms with van der Waals surface area (Å²) in [5.74, 6) is -0.878. The van der Waals surface area contributed by atoms with Crippen LogP contribution in [0.4, 0.5) is 0 Å². The highest BCUT2D eigenvalue weighted by molar-refractivity contribution is 9.25. The van der Waals surface area contributed by atoms with Crippen LogP contribution in [0.3, 0.4) is 0 Å². The molecular weight excluding hydrogens is 348 g/mol. The lowest BCUT2D eigenvalue weighted by Crippen LogP contribution is -2.18. The summed E-state index contributed by atoms with van der Waals surface area (Å²) < 4.78 is -0.452. The van der Waals surface area contributed by atoms with Gasteiger partial charge in [-0.15, -0.1) is 0 Å². The van der Waals surface area contributed by atoms with Gasteiger partial charge < -0.3 is 5.11 Å². The molecular formula is C13H10Br2O2. The Morgan fingerprint density at radius 2 is 1.88 bits per heavy atom. The zero-order valence-electron chi connectivity index (χ0n) is 8.86. The van der Waals surface area contributed by atoms with E-state index in [0.717, 1.165) is 11.1 Å². The Morgan fingerprint density at radius 1 is 1.24 bits per heavy atom. The molecule has 0 saturated heterocycles. The van der Waals surface area contributed by atoms with Gasteiger partial charge in [0.25, 0.3) is 0 Å². The van der Waals surface area contributed by atoms with Gasteiger partial charge in [0.05, 0.1) is 0 Å². The fourth-order valence-electron chi connectivity index (χ4n) is 1.77. The number of carboxylic acid groups (broad SMARTS) is 1. The van der Waals surface area contributed by atoms with Gasteiger partial charge in [0, 0.05) is 12.0 Å². The topological polar surface area (TPSA) is 37.3 Å². The van der Waals surface area contributed by atoms with Crippen molar-refractivity contribution in [1.29, 1.82) is 0 Å². The van der Waals surface area contributed by atoms with Crippen LogP contribution in [0.15, 0.2) is 48.1 Å². The van der Waals surface area contributed by atoms with Gasteiger partial charge in [0.2, 0.25) is 0 Å². The van der Waals surface area contributed by atoms with Gasteiger partial charge in [0.15, 0.2) is 0 Å². The molecule has 88 valence electrons. The Balaban J connectivity index is 2.50. The lowest BCUT2D eigenvalue weighted by atomic mass is 9.92. The minimum atomic E-state index is -0.878. The lowest BCUT2D eigenvalue weighted by molar-refractivity contribution is -0.132. The second-order valence-corrected chi connectivity index (χ2v) is 7.73. The molecule has 0 saturated carbocycles. The van der Waals surface area contributed by atoms with Gasteiger partial charge in [-0.25, -0.2) is 4.79 Å². The standard InChI is InChI=1S/C13H10Br2O2/c14-13(15)7-6-10(11(8-13)12(16)17)9-4-2-1-3-5-9/h1-7H,8H2,(H,16,17). The summed E-state index contributed by atoms with van der Waals surface area (Å²) in [7, 11) is 0. The number of rotatable bonds is 2. The van der Waals surface area contributed by atoms with Crippen molar-refractivity contribution < 1.29 is 9.90 Å². The van der Waals surface area contributed by atoms with Crippen molar-refractivity contribution in [2.75, 3.05) is 0 Å². The third-order valence-corrected chi connectivity index (χ3v) is 3.66. The van der Waals surface area contributed by atoms with Crippen LogP contribution in [0.2, 0.25) is 0 Å². The van der Waals surface area contributed by atoms with E-state index in [2.05, 4.69) is 31.9 Å². The van der Waals surface area contributed by atoms with Gasteiger partial charge in [-0.1, -0.05) is 74.3 Å². The molecule has 1 aromatic rings. The number of halogens is 2. The van der Waals surface area contributed by atoms with Crippen molar-refractivity contribution in [3.63, 3.8) is 0 Å². The second-order valence-electron chi connectivity index (χ2n) is 3.83. The fourth-order valence-corrected chi connectivity index (χ4v) is 2.60. The van der Waals surface area contributed by atoms with Gasteiger partial charge in [-0.3, -0.25) is 0 Å². The molecule has 2 rings (SSSR count). The summed E-state index contributed by atoms with van der Waals surface area (Å²) in [5.41, 5.74) is 2.11. The maximum Gasteiger partial charge on any atom is 0.332 e. The molecule has 0 fully saturated rings. The first kappa shape index (κ1) is 12.6. The average molecular weight is 358 g/mol. The van der Waals surface area contributed by atoms with Crippen LogP contribution in [0, 0.1) is 0 Å². The molecule has 17 heavy (non-hydrogen) atoms. The molecule has 0 spiro atoms. The van der Waals surface area contributed by atoms with Crippen molar-refractivity contribution in [2.45, 2.75) is 9.65 Å². The molecule has 2 nitrogen and oxygen atoms in total. The molecule has 0 bridgehead atoms. The largest absolute Gasteiger partial charge is 0.478 e. The quantitative estimate of drug-likeness (QED) is 0.813. The minimum Gasteiger partial charge on any atom is -0.478 e. The predicted molar refractivity (Wildman–Crippen MR) is 75.3 cm³/mol. The number of alkyl halides is 2. The monoisotopic (exact) mass is 356 g/mol. The van der Waals surface area contributed by atoms with E-state index in [0.29, 0.717) is 12.0 Å². The molecule has 0 aliphatic heterocycles. The van der Waals surface area contributed by atoms with E-state index in [1.165, 1.54) is 0 Å². The summed E-state index contributed by atoms with van der Waals surface area (Å²) in [6, 6.07) is 9.55. The lowest BCUT2D eigenvalue weighted by Gasteiger charge is -2.23. The number of carbonyl (C=O) groups is 1. The van der Waals surface area contributed by atoms with Crippen molar-refractivity contribution in [1.82, 2.24) is 0 Å². The van der Waals surface area contributed by atoms with Crippen LogP contribution in [0.5, 0.6) is 0 Å². The number of hydrogen-bond acceptors (Lipinski definition) is 1. The number of hydrogen-bond donors (Lipinski definition) is 1. The maximum atomic E-state index is 11.3. The Bertz CT molecular complexity index is 501. The third kappa shape index (κ3) is 2.87. The zero-order valence-corrected chi connectivity index (χ0v) is 12.0. The number of benzene rings is 1. The van der Waals surface area contributed by atoms with E-state index in [4.69, 9.17) is 0 Å². The molecule has 0 heterocycles. The first-order valence-electron chi connectivity index (χ1n) is 5.08. The molecule has 4 heteroatoms. The summed E-state index contributed by atoms with van der Waals surface area (Å²) in [6.45, 7) is 0. The Kier molecular flexibility index (Phi) is 3.54. The van der Waals surface area contributed by atoms with Crippen LogP contribution >= 0.6 is 31.9 Å². The van der Waals surface area contributed by atoms with E-state index in [-0.39, 0.29) is 0 Å². The Morgan fingerprint density at radius 3 is 2.47 bits per heavy atom. The highest BCUT2D eigenvalue weighted by Crippen LogP contribution is 2.41. The SMILES string of the molecule is O=C(O)C1=C(c2ccccc2)C=CC(Br)(Br)C1. The number of carboxylic acids is 1. The van der Waals surface area contributed by atoms with Gasteiger partial charge in [-0.05, 0) is 11.1 Å². The van der Waals surface area contributed by atoms with E-state index < -0.39 is 9.20 Å². The maximum absolute atomic E-state index is 11.3. The molecule has 0 atom stereocenters. The summed E-state index contributed by atoms with van der Waals surface area (Å²) in [6.07, 6.45) is 4.16. The number of allylic oxidation sites excluding steroid dienone is 3. The first-order chi connectivity index (χ1) is 7.99. The highest BCUT2D eigenvalue weighted by atomic mass is 79.9. The fraction of sp³-hybridized carbons (Fsp3) is 0.154. The van der Waals surface area contributed by atoms with E-state index in [1.54, 1.807) is 0 Å². The van der Waals surface area contributed by atoms with Crippen molar-refractivity contribution in [2.24, 2.45) is 0 Å². The number of aliphatic carboxylic acids is 1. The van der Waals surface area contributed by atoms with Crippen LogP contribution in [0.1, 0.15) is 12.0 Å². The molecule has 0 unspecified atom stereocenters. The van der Waals surface area contributed by atoms with Gasteiger partial charge in [-0.2, -0.15) is 0 Å². The van der Waals surface area contributed by atoms with Crippen molar-refractivity contribution >= 4 is 43.4 Å². The Hall–Kier alpha value is -0.870.